The molecule has 2 aromatic rings. The van der Waals surface area contributed by atoms with Crippen molar-refractivity contribution in [2.75, 3.05) is 19.0 Å². The predicted molar refractivity (Wildman–Crippen MR) is 142 cm³/mol. The molecule has 1 aromatic heterocycles. The summed E-state index contributed by atoms with van der Waals surface area (Å²) in [4.78, 5) is 41.2. The number of anilines is 1. The Balaban J connectivity index is 0.00000194. The van der Waals surface area contributed by atoms with E-state index in [-0.39, 0.29) is 12.4 Å². The number of hydrogen-bond donors (Lipinski definition) is 2. The summed E-state index contributed by atoms with van der Waals surface area (Å²) in [5, 5.41) is 7.35. The Labute approximate surface area is 212 Å². The standard InChI is InChI=1S/C23H29N3O5S.C3H8/c1-7-8-15-9-10-16(11-17(15)14(2)27)19-13-32-21(24-19)26-20(28)18(12-30-6)25-22(29)31-23(3,4)5;1-3-2/h7-11,13,18H,12H2,1-6H3,(H,25,29)(H,24,26,28);3H2,1-2H3/b8-7-;. The van der Waals surface area contributed by atoms with Gasteiger partial charge in [0, 0.05) is 23.6 Å². The summed E-state index contributed by atoms with van der Waals surface area (Å²) >= 11 is 1.24. The molecule has 9 heteroatoms. The van der Waals surface area contributed by atoms with Crippen LogP contribution < -0.4 is 10.6 Å². The van der Waals surface area contributed by atoms with Crippen LogP contribution in [0.1, 0.15) is 70.8 Å². The molecule has 1 heterocycles. The van der Waals surface area contributed by atoms with E-state index in [9.17, 15) is 14.4 Å². The SMILES string of the molecule is C/C=C\c1ccc(-c2csc(NC(=O)C(COC)NC(=O)OC(C)(C)C)n2)cc1C(C)=O.CCC. The minimum Gasteiger partial charge on any atom is -0.444 e. The number of allylic oxidation sites excluding steroid dienone is 1. The van der Waals surface area contributed by atoms with Crippen molar-refractivity contribution < 1.29 is 23.9 Å². The maximum Gasteiger partial charge on any atom is 0.408 e. The first-order chi connectivity index (χ1) is 16.4. The van der Waals surface area contributed by atoms with Crippen LogP contribution >= 0.6 is 11.3 Å². The second kappa shape index (κ2) is 14.4. The Bertz CT molecular complexity index is 1020. The number of amides is 2. The Morgan fingerprint density at radius 3 is 2.40 bits per heavy atom. The summed E-state index contributed by atoms with van der Waals surface area (Å²) in [6, 6.07) is 4.57. The van der Waals surface area contributed by atoms with Crippen molar-refractivity contribution in [1.29, 1.82) is 0 Å². The van der Waals surface area contributed by atoms with E-state index in [1.807, 2.05) is 31.2 Å². The lowest BCUT2D eigenvalue weighted by atomic mass is 9.99. The number of ether oxygens (including phenoxy) is 2. The highest BCUT2D eigenvalue weighted by Gasteiger charge is 2.25. The molecule has 0 aliphatic rings. The van der Waals surface area contributed by atoms with Crippen molar-refractivity contribution in [3.8, 4) is 11.3 Å². The third-order valence-corrected chi connectivity index (χ3v) is 4.91. The van der Waals surface area contributed by atoms with Gasteiger partial charge in [0.25, 0.3) is 5.91 Å². The molecule has 0 radical (unpaired) electrons. The average molecular weight is 504 g/mol. The van der Waals surface area contributed by atoms with Gasteiger partial charge in [-0.2, -0.15) is 0 Å². The molecule has 2 N–H and O–H groups in total. The number of carbonyl (C=O) groups excluding carboxylic acids is 3. The second-order valence-corrected chi connectivity index (χ2v) is 9.60. The Morgan fingerprint density at radius 1 is 1.20 bits per heavy atom. The predicted octanol–water partition coefficient (Wildman–Crippen LogP) is 5.94. The third-order valence-electron chi connectivity index (χ3n) is 4.15. The van der Waals surface area contributed by atoms with E-state index in [0.29, 0.717) is 16.4 Å². The average Bonchev–Trinajstić information content (AvgIpc) is 3.21. The maximum absolute atomic E-state index is 12.7. The summed E-state index contributed by atoms with van der Waals surface area (Å²) < 4.78 is 10.3. The van der Waals surface area contributed by atoms with Gasteiger partial charge in [0.15, 0.2) is 10.9 Å². The van der Waals surface area contributed by atoms with Crippen molar-refractivity contribution >= 4 is 40.3 Å². The maximum atomic E-state index is 12.7. The molecule has 1 unspecified atom stereocenters. The molecule has 1 atom stereocenters. The lowest BCUT2D eigenvalue weighted by Gasteiger charge is -2.22. The van der Waals surface area contributed by atoms with Gasteiger partial charge in [0.05, 0.1) is 12.3 Å². The summed E-state index contributed by atoms with van der Waals surface area (Å²) in [5.74, 6) is -0.522. The number of benzene rings is 1. The summed E-state index contributed by atoms with van der Waals surface area (Å²) in [6.45, 7) is 12.8. The first kappa shape index (κ1) is 30.0. The number of carbonyl (C=O) groups is 3. The molecule has 0 saturated heterocycles. The van der Waals surface area contributed by atoms with Gasteiger partial charge in [0.2, 0.25) is 0 Å². The van der Waals surface area contributed by atoms with Crippen LogP contribution in [0.3, 0.4) is 0 Å². The van der Waals surface area contributed by atoms with Gasteiger partial charge in [-0.15, -0.1) is 11.3 Å². The Kier molecular flexibility index (Phi) is 12.3. The van der Waals surface area contributed by atoms with Crippen LogP contribution in [0.4, 0.5) is 9.93 Å². The topological polar surface area (TPSA) is 107 Å². The van der Waals surface area contributed by atoms with Crippen molar-refractivity contribution in [1.82, 2.24) is 10.3 Å². The molecule has 192 valence electrons. The normalized spacial score (nSPS) is 11.9. The number of nitrogens with zero attached hydrogens (tertiary/aromatic N) is 1. The highest BCUT2D eigenvalue weighted by atomic mass is 32.1. The van der Waals surface area contributed by atoms with E-state index in [1.54, 1.807) is 32.2 Å². The quantitative estimate of drug-likeness (QED) is 0.432. The number of hydrogen-bond acceptors (Lipinski definition) is 7. The first-order valence-corrected chi connectivity index (χ1v) is 12.4. The molecular formula is C26H37N3O5S. The molecular weight excluding hydrogens is 466 g/mol. The smallest absolute Gasteiger partial charge is 0.408 e. The minimum atomic E-state index is -0.952. The number of nitrogens with one attached hydrogen (secondary N) is 2. The Morgan fingerprint density at radius 2 is 1.86 bits per heavy atom. The molecule has 35 heavy (non-hydrogen) atoms. The van der Waals surface area contributed by atoms with Crippen molar-refractivity contribution in [3.05, 3.63) is 40.8 Å². The Hall–Kier alpha value is -3.04. The fourth-order valence-corrected chi connectivity index (χ4v) is 3.52. The van der Waals surface area contributed by atoms with E-state index in [0.717, 1.165) is 11.1 Å². The molecule has 0 aliphatic heterocycles. The molecule has 0 fully saturated rings. The number of alkyl carbamates (subject to hydrolysis) is 1. The van der Waals surface area contributed by atoms with Crippen molar-refractivity contribution in [2.45, 2.75) is 66.5 Å². The van der Waals surface area contributed by atoms with E-state index >= 15 is 0 Å². The fourth-order valence-electron chi connectivity index (χ4n) is 2.80. The molecule has 2 rings (SSSR count). The summed E-state index contributed by atoms with van der Waals surface area (Å²) in [6.07, 6.45) is 4.29. The molecule has 0 aliphatic carbocycles. The summed E-state index contributed by atoms with van der Waals surface area (Å²) in [7, 11) is 1.43. The molecule has 0 bridgehead atoms. The van der Waals surface area contributed by atoms with Gasteiger partial charge >= 0.3 is 6.09 Å². The number of Topliss-reactive ketones (excluding diaryl/α,β-unsaturated/α-hetero) is 1. The van der Waals surface area contributed by atoms with Crippen LogP contribution in [0.15, 0.2) is 29.7 Å². The van der Waals surface area contributed by atoms with Gasteiger partial charge in [-0.05, 0) is 46.2 Å². The molecule has 1 aromatic carbocycles. The van der Waals surface area contributed by atoms with E-state index < -0.39 is 23.6 Å². The number of methoxy groups -OCH3 is 1. The van der Waals surface area contributed by atoms with Crippen molar-refractivity contribution in [2.24, 2.45) is 0 Å². The van der Waals surface area contributed by atoms with Crippen LogP contribution in [0.5, 0.6) is 0 Å². The third kappa shape index (κ3) is 10.4. The highest BCUT2D eigenvalue weighted by molar-refractivity contribution is 7.14. The molecule has 2 amide bonds. The zero-order valence-corrected chi connectivity index (χ0v) is 22.7. The summed E-state index contributed by atoms with van der Waals surface area (Å²) in [5.41, 5.74) is 2.14. The first-order valence-electron chi connectivity index (χ1n) is 11.5. The van der Waals surface area contributed by atoms with Gasteiger partial charge in [-0.1, -0.05) is 44.6 Å². The number of thiazole rings is 1. The monoisotopic (exact) mass is 503 g/mol. The molecule has 0 spiro atoms. The second-order valence-electron chi connectivity index (χ2n) is 8.75. The van der Waals surface area contributed by atoms with E-state index in [2.05, 4.69) is 29.5 Å². The van der Waals surface area contributed by atoms with Gasteiger partial charge in [-0.3, -0.25) is 9.59 Å². The van der Waals surface area contributed by atoms with Gasteiger partial charge in [-0.25, -0.2) is 9.78 Å². The van der Waals surface area contributed by atoms with E-state index in [4.69, 9.17) is 9.47 Å². The lowest BCUT2D eigenvalue weighted by Crippen LogP contribution is -2.48. The van der Waals surface area contributed by atoms with Gasteiger partial charge < -0.3 is 20.1 Å². The van der Waals surface area contributed by atoms with Crippen LogP contribution in [0, 0.1) is 0 Å². The van der Waals surface area contributed by atoms with Crippen LogP contribution in [-0.4, -0.2) is 48.1 Å². The molecule has 8 nitrogen and oxygen atoms in total. The van der Waals surface area contributed by atoms with E-state index in [1.165, 1.54) is 31.8 Å². The van der Waals surface area contributed by atoms with Crippen LogP contribution in [0.2, 0.25) is 0 Å². The van der Waals surface area contributed by atoms with Gasteiger partial charge in [0.1, 0.15) is 11.6 Å². The van der Waals surface area contributed by atoms with Crippen LogP contribution in [-0.2, 0) is 14.3 Å². The number of ketones is 1. The zero-order chi connectivity index (χ0) is 26.6. The van der Waals surface area contributed by atoms with Crippen LogP contribution in [0.25, 0.3) is 17.3 Å². The fraction of sp³-hybridized carbons (Fsp3) is 0.462. The largest absolute Gasteiger partial charge is 0.444 e. The minimum absolute atomic E-state index is 0.0301. The van der Waals surface area contributed by atoms with Crippen molar-refractivity contribution in [3.63, 3.8) is 0 Å². The highest BCUT2D eigenvalue weighted by Crippen LogP contribution is 2.27. The molecule has 0 saturated carbocycles. The zero-order valence-electron chi connectivity index (χ0n) is 21.9. The number of aromatic nitrogens is 1. The lowest BCUT2D eigenvalue weighted by molar-refractivity contribution is -0.119. The number of rotatable bonds is 8.